The van der Waals surface area contributed by atoms with Gasteiger partial charge in [0.1, 0.15) is 17.7 Å². The molecule has 4 aliphatic heterocycles. The van der Waals surface area contributed by atoms with Crippen molar-refractivity contribution in [2.75, 3.05) is 13.7 Å². The predicted molar refractivity (Wildman–Crippen MR) is 84.8 cm³/mol. The van der Waals surface area contributed by atoms with E-state index < -0.39 is 0 Å². The van der Waals surface area contributed by atoms with Crippen LogP contribution in [0.4, 0.5) is 0 Å². The number of rotatable bonds is 2. The van der Waals surface area contributed by atoms with Gasteiger partial charge in [0.2, 0.25) is 0 Å². The molecule has 4 heterocycles. The van der Waals surface area contributed by atoms with E-state index in [1.54, 1.807) is 0 Å². The molecule has 4 aliphatic rings. The summed E-state index contributed by atoms with van der Waals surface area (Å²) in [6, 6.07) is 7.07. The number of hydrogen-bond acceptors (Lipinski definition) is 4. The van der Waals surface area contributed by atoms with E-state index in [9.17, 15) is 4.79 Å². The summed E-state index contributed by atoms with van der Waals surface area (Å²) in [6.45, 7) is 0.985. The van der Waals surface area contributed by atoms with E-state index in [-0.39, 0.29) is 23.7 Å². The smallest absolute Gasteiger partial charge is 0.326 e. The minimum atomic E-state index is -0.381. The monoisotopic (exact) mass is 311 g/mol. The van der Waals surface area contributed by atoms with Crippen LogP contribution in [-0.2, 0) is 14.3 Å². The molecule has 0 aliphatic carbocycles. The average Bonchev–Trinajstić information content (AvgIpc) is 3.32. The minimum Gasteiger partial charge on any atom is -0.468 e. The predicted octanol–water partition coefficient (Wildman–Crippen LogP) is 3.21. The van der Waals surface area contributed by atoms with Gasteiger partial charge in [-0.3, -0.25) is 9.69 Å². The van der Waals surface area contributed by atoms with Crippen LogP contribution in [0, 0.1) is 0 Å². The summed E-state index contributed by atoms with van der Waals surface area (Å²) in [4.78, 5) is 14.8. The highest BCUT2D eigenvalue weighted by molar-refractivity contribution is 5.81. The molecular weight excluding hydrogens is 290 g/mol. The Hall–Kier alpha value is -1.65. The van der Waals surface area contributed by atoms with Crippen LogP contribution in [0.2, 0.25) is 0 Å². The summed E-state index contributed by atoms with van der Waals surface area (Å²) >= 11 is 0. The van der Waals surface area contributed by atoms with Crippen LogP contribution >= 0.6 is 0 Å². The fourth-order valence-corrected chi connectivity index (χ4v) is 5.12. The molecule has 0 N–H and O–H groups in total. The molecule has 4 nitrogen and oxygen atoms in total. The molecule has 120 valence electrons. The van der Waals surface area contributed by atoms with Crippen molar-refractivity contribution in [2.24, 2.45) is 0 Å². The lowest BCUT2D eigenvalue weighted by molar-refractivity contribution is -0.152. The van der Waals surface area contributed by atoms with Gasteiger partial charge < -0.3 is 9.47 Å². The molecule has 0 radical (unpaired) electrons. The van der Waals surface area contributed by atoms with Gasteiger partial charge in [0, 0.05) is 6.04 Å². The van der Waals surface area contributed by atoms with Crippen molar-refractivity contribution >= 4 is 5.97 Å². The Morgan fingerprint density at radius 1 is 1.26 bits per heavy atom. The van der Waals surface area contributed by atoms with E-state index in [0.717, 1.165) is 32.2 Å². The van der Waals surface area contributed by atoms with Gasteiger partial charge in [0.05, 0.1) is 7.11 Å². The SMILES string of the molecule is COC(=O)C12CCCN1C(c1ccc3c(c1)C1C=CC3O1)CC2. The molecule has 2 bridgehead atoms. The Balaban J connectivity index is 1.50. The van der Waals surface area contributed by atoms with E-state index in [1.807, 2.05) is 0 Å². The van der Waals surface area contributed by atoms with Gasteiger partial charge >= 0.3 is 5.97 Å². The van der Waals surface area contributed by atoms with Gasteiger partial charge in [0.25, 0.3) is 0 Å². The molecule has 2 saturated heterocycles. The van der Waals surface area contributed by atoms with E-state index in [1.165, 1.54) is 23.8 Å². The molecule has 0 amide bonds. The number of ether oxygens (including phenoxy) is 2. The Labute approximate surface area is 136 Å². The van der Waals surface area contributed by atoms with Crippen molar-refractivity contribution in [3.63, 3.8) is 0 Å². The van der Waals surface area contributed by atoms with Crippen LogP contribution in [0.25, 0.3) is 0 Å². The van der Waals surface area contributed by atoms with E-state index in [0.29, 0.717) is 6.04 Å². The van der Waals surface area contributed by atoms with E-state index >= 15 is 0 Å². The largest absolute Gasteiger partial charge is 0.468 e. The number of carbonyl (C=O) groups excluding carboxylic acids is 1. The van der Waals surface area contributed by atoms with Gasteiger partial charge in [-0.25, -0.2) is 0 Å². The van der Waals surface area contributed by atoms with Crippen LogP contribution in [0.15, 0.2) is 30.4 Å². The normalized spacial score (nSPS) is 37.2. The summed E-state index contributed by atoms with van der Waals surface area (Å²) in [5.74, 6) is -0.0519. The van der Waals surface area contributed by atoms with Crippen LogP contribution in [0.5, 0.6) is 0 Å². The van der Waals surface area contributed by atoms with Crippen LogP contribution in [-0.4, -0.2) is 30.1 Å². The zero-order valence-electron chi connectivity index (χ0n) is 13.3. The highest BCUT2D eigenvalue weighted by Crippen LogP contribution is 2.51. The minimum absolute atomic E-state index is 0.0519. The summed E-state index contributed by atoms with van der Waals surface area (Å²) in [7, 11) is 1.51. The second-order valence-electron chi connectivity index (χ2n) is 7.13. The first-order valence-electron chi connectivity index (χ1n) is 8.56. The van der Waals surface area contributed by atoms with Gasteiger partial charge in [-0.15, -0.1) is 0 Å². The van der Waals surface area contributed by atoms with E-state index in [4.69, 9.17) is 9.47 Å². The second-order valence-corrected chi connectivity index (χ2v) is 7.13. The zero-order chi connectivity index (χ0) is 15.6. The third kappa shape index (κ3) is 1.71. The maximum Gasteiger partial charge on any atom is 0.326 e. The number of methoxy groups -OCH3 is 1. The number of carbonyl (C=O) groups is 1. The van der Waals surface area contributed by atoms with Crippen molar-refractivity contribution in [2.45, 2.75) is 49.5 Å². The Bertz CT molecular complexity index is 713. The first-order chi connectivity index (χ1) is 11.2. The molecular formula is C19H21NO3. The first kappa shape index (κ1) is 13.8. The second kappa shape index (κ2) is 4.68. The lowest BCUT2D eigenvalue weighted by atomic mass is 9.92. The number of hydrogen-bond donors (Lipinski definition) is 0. The van der Waals surface area contributed by atoms with Gasteiger partial charge in [0.15, 0.2) is 0 Å². The molecule has 4 unspecified atom stereocenters. The van der Waals surface area contributed by atoms with Gasteiger partial charge in [-0.05, 0) is 48.9 Å². The number of nitrogens with zero attached hydrogens (tertiary/aromatic N) is 1. The Kier molecular flexibility index (Phi) is 2.80. The molecule has 23 heavy (non-hydrogen) atoms. The molecule has 1 aromatic rings. The van der Waals surface area contributed by atoms with E-state index in [2.05, 4.69) is 35.3 Å². The summed E-state index contributed by atoms with van der Waals surface area (Å²) in [6.07, 6.45) is 8.51. The summed E-state index contributed by atoms with van der Waals surface area (Å²) < 4.78 is 11.1. The molecule has 5 rings (SSSR count). The molecule has 0 spiro atoms. The Morgan fingerprint density at radius 3 is 2.91 bits per heavy atom. The zero-order valence-corrected chi connectivity index (χ0v) is 13.3. The topological polar surface area (TPSA) is 38.8 Å². The first-order valence-corrected chi connectivity index (χ1v) is 8.56. The molecule has 1 aromatic carbocycles. The van der Waals surface area contributed by atoms with Crippen molar-refractivity contribution < 1.29 is 14.3 Å². The summed E-state index contributed by atoms with van der Waals surface area (Å²) in [5.41, 5.74) is 3.55. The molecule has 4 atom stereocenters. The highest BCUT2D eigenvalue weighted by Gasteiger charge is 2.55. The maximum atomic E-state index is 12.4. The summed E-state index contributed by atoms with van der Waals surface area (Å²) in [5, 5.41) is 0. The molecule has 2 fully saturated rings. The molecule has 0 aromatic heterocycles. The average molecular weight is 311 g/mol. The molecule has 4 heteroatoms. The third-order valence-electron chi connectivity index (χ3n) is 6.17. The van der Waals surface area contributed by atoms with Crippen molar-refractivity contribution in [3.05, 3.63) is 47.0 Å². The van der Waals surface area contributed by atoms with Crippen molar-refractivity contribution in [1.29, 1.82) is 0 Å². The van der Waals surface area contributed by atoms with Crippen molar-refractivity contribution in [3.8, 4) is 0 Å². The quantitative estimate of drug-likeness (QED) is 0.621. The van der Waals surface area contributed by atoms with Crippen molar-refractivity contribution in [1.82, 2.24) is 4.90 Å². The lowest BCUT2D eigenvalue weighted by Crippen LogP contribution is -2.47. The van der Waals surface area contributed by atoms with Gasteiger partial charge in [-0.1, -0.05) is 30.4 Å². The maximum absolute atomic E-state index is 12.4. The fourth-order valence-electron chi connectivity index (χ4n) is 5.12. The fraction of sp³-hybridized carbons (Fsp3) is 0.526. The van der Waals surface area contributed by atoms with Crippen LogP contribution in [0.1, 0.15) is 60.6 Å². The van der Waals surface area contributed by atoms with Gasteiger partial charge in [-0.2, -0.15) is 0 Å². The third-order valence-corrected chi connectivity index (χ3v) is 6.17. The Morgan fingerprint density at radius 2 is 2.09 bits per heavy atom. The number of benzene rings is 1. The molecule has 0 saturated carbocycles. The number of esters is 1. The standard InChI is InChI=1S/C19H21NO3/c1-22-18(21)19-8-2-10-20(19)15(7-9-19)12-3-4-13-14(11-12)17-6-5-16(13)23-17/h3-6,11,15-17H,2,7-10H2,1H3. The van der Waals surface area contributed by atoms with Crippen LogP contribution < -0.4 is 0 Å². The number of fused-ring (bicyclic) bond motifs is 6. The van der Waals surface area contributed by atoms with Crippen LogP contribution in [0.3, 0.4) is 0 Å². The lowest BCUT2D eigenvalue weighted by Gasteiger charge is -2.32. The highest BCUT2D eigenvalue weighted by atomic mass is 16.5.